The largest absolute Gasteiger partial charge is 0.480 e. The van der Waals surface area contributed by atoms with E-state index in [2.05, 4.69) is 10.3 Å². The van der Waals surface area contributed by atoms with E-state index >= 15 is 0 Å². The van der Waals surface area contributed by atoms with Crippen molar-refractivity contribution in [3.8, 4) is 0 Å². The van der Waals surface area contributed by atoms with E-state index in [1.165, 1.54) is 13.8 Å². The second-order valence-electron chi connectivity index (χ2n) is 3.83. The summed E-state index contributed by atoms with van der Waals surface area (Å²) in [6.45, 7) is 3.09. The first-order valence-corrected chi connectivity index (χ1v) is 4.58. The highest BCUT2D eigenvalue weighted by Gasteiger charge is 2.35. The minimum absolute atomic E-state index is 0.332. The molecule has 0 aliphatic carbocycles. The Morgan fingerprint density at radius 1 is 1.53 bits per heavy atom. The van der Waals surface area contributed by atoms with Crippen LogP contribution >= 0.6 is 0 Å². The van der Waals surface area contributed by atoms with E-state index in [4.69, 9.17) is 5.11 Å². The minimum Gasteiger partial charge on any atom is -0.480 e. The first-order chi connectivity index (χ1) is 6.94. The maximum atomic E-state index is 11.5. The maximum Gasteiger partial charge on any atom is 0.318 e. The first kappa shape index (κ1) is 11.3. The van der Waals surface area contributed by atoms with E-state index in [1.807, 2.05) is 6.07 Å². The predicted octanol–water partition coefficient (Wildman–Crippen LogP) is 0.742. The highest BCUT2D eigenvalue weighted by molar-refractivity contribution is 6.00. The van der Waals surface area contributed by atoms with Gasteiger partial charge in [0.05, 0.1) is 0 Å². The molecular weight excluding hydrogens is 196 g/mol. The van der Waals surface area contributed by atoms with Gasteiger partial charge in [0.25, 0.3) is 0 Å². The number of hydrogen-bond donors (Lipinski definition) is 3. The molecule has 0 unspecified atom stereocenters. The van der Waals surface area contributed by atoms with Gasteiger partial charge in [0, 0.05) is 18.9 Å². The van der Waals surface area contributed by atoms with Crippen molar-refractivity contribution in [1.82, 2.24) is 10.3 Å². The molecule has 5 nitrogen and oxygen atoms in total. The lowest BCUT2D eigenvalue weighted by Crippen LogP contribution is -2.41. The summed E-state index contributed by atoms with van der Waals surface area (Å²) in [5.41, 5.74) is -0.486. The average Bonchev–Trinajstić information content (AvgIpc) is 2.66. The molecule has 1 heterocycles. The fourth-order valence-corrected chi connectivity index (χ4v) is 0.969. The predicted molar refractivity (Wildman–Crippen MR) is 54.1 cm³/mol. The molecule has 0 atom stereocenters. The van der Waals surface area contributed by atoms with Gasteiger partial charge in [-0.05, 0) is 25.5 Å². The Morgan fingerprint density at radius 3 is 2.67 bits per heavy atom. The monoisotopic (exact) mass is 210 g/mol. The molecule has 0 radical (unpaired) electrons. The lowest BCUT2D eigenvalue weighted by molar-refractivity contribution is -0.153. The van der Waals surface area contributed by atoms with Gasteiger partial charge in [-0.15, -0.1) is 0 Å². The molecule has 15 heavy (non-hydrogen) atoms. The molecule has 3 N–H and O–H groups in total. The molecule has 0 spiro atoms. The van der Waals surface area contributed by atoms with E-state index in [1.54, 1.807) is 12.4 Å². The standard InChI is InChI=1S/C10H14N2O3/c1-10(2,9(14)15)8(13)12-6-7-3-4-11-5-7/h3-5,11H,6H2,1-2H3,(H,12,13)(H,14,15). The summed E-state index contributed by atoms with van der Waals surface area (Å²) in [7, 11) is 0. The van der Waals surface area contributed by atoms with Crippen molar-refractivity contribution in [2.24, 2.45) is 5.41 Å². The van der Waals surface area contributed by atoms with Crippen LogP contribution in [-0.4, -0.2) is 22.0 Å². The van der Waals surface area contributed by atoms with Gasteiger partial charge in [0.15, 0.2) is 0 Å². The Labute approximate surface area is 87.5 Å². The molecular formula is C10H14N2O3. The maximum absolute atomic E-state index is 11.5. The summed E-state index contributed by atoms with van der Waals surface area (Å²) in [4.78, 5) is 25.1. The smallest absolute Gasteiger partial charge is 0.318 e. The van der Waals surface area contributed by atoms with Crippen LogP contribution in [-0.2, 0) is 16.1 Å². The fraction of sp³-hybridized carbons (Fsp3) is 0.400. The lowest BCUT2D eigenvalue weighted by atomic mass is 9.93. The zero-order chi connectivity index (χ0) is 11.5. The molecule has 0 aromatic carbocycles. The third-order valence-electron chi connectivity index (χ3n) is 2.22. The van der Waals surface area contributed by atoms with E-state index in [0.29, 0.717) is 6.54 Å². The highest BCUT2D eigenvalue weighted by Crippen LogP contribution is 2.15. The normalized spacial score (nSPS) is 11.1. The van der Waals surface area contributed by atoms with Crippen LogP contribution in [0.25, 0.3) is 0 Å². The summed E-state index contributed by atoms with van der Waals surface area (Å²) < 4.78 is 0. The van der Waals surface area contributed by atoms with Crippen LogP contribution in [0, 0.1) is 5.41 Å². The van der Waals surface area contributed by atoms with E-state index in [9.17, 15) is 9.59 Å². The molecule has 0 saturated carbocycles. The lowest BCUT2D eigenvalue weighted by Gasteiger charge is -2.17. The minimum atomic E-state index is -1.39. The Hall–Kier alpha value is -1.78. The fourth-order valence-electron chi connectivity index (χ4n) is 0.969. The number of carbonyl (C=O) groups excluding carboxylic acids is 1. The molecule has 82 valence electrons. The number of aromatic amines is 1. The van der Waals surface area contributed by atoms with Crippen molar-refractivity contribution < 1.29 is 14.7 Å². The Balaban J connectivity index is 2.53. The second kappa shape index (κ2) is 4.16. The summed E-state index contributed by atoms with van der Waals surface area (Å²) >= 11 is 0. The first-order valence-electron chi connectivity index (χ1n) is 4.58. The third kappa shape index (κ3) is 2.59. The van der Waals surface area contributed by atoms with Gasteiger partial charge in [-0.3, -0.25) is 9.59 Å². The van der Waals surface area contributed by atoms with E-state index in [-0.39, 0.29) is 0 Å². The molecule has 0 bridgehead atoms. The second-order valence-corrected chi connectivity index (χ2v) is 3.83. The zero-order valence-corrected chi connectivity index (χ0v) is 8.70. The number of rotatable bonds is 4. The van der Waals surface area contributed by atoms with Gasteiger partial charge < -0.3 is 15.4 Å². The van der Waals surface area contributed by atoms with Crippen LogP contribution in [0.15, 0.2) is 18.5 Å². The molecule has 1 rings (SSSR count). The average molecular weight is 210 g/mol. The number of carboxylic acid groups (broad SMARTS) is 1. The summed E-state index contributed by atoms with van der Waals surface area (Å²) in [6.07, 6.45) is 3.48. The Kier molecular flexibility index (Phi) is 3.14. The molecule has 1 amide bonds. The van der Waals surface area contributed by atoms with Crippen LogP contribution in [0.3, 0.4) is 0 Å². The highest BCUT2D eigenvalue weighted by atomic mass is 16.4. The third-order valence-corrected chi connectivity index (χ3v) is 2.22. The number of carboxylic acids is 1. The Bertz CT molecular complexity index is 355. The molecule has 0 saturated heterocycles. The van der Waals surface area contributed by atoms with Crippen LogP contribution in [0.5, 0.6) is 0 Å². The van der Waals surface area contributed by atoms with Crippen LogP contribution in [0.4, 0.5) is 0 Å². The van der Waals surface area contributed by atoms with Crippen molar-refractivity contribution in [2.75, 3.05) is 0 Å². The van der Waals surface area contributed by atoms with Gasteiger partial charge in [-0.25, -0.2) is 0 Å². The summed E-state index contributed by atoms with van der Waals surface area (Å²) in [5, 5.41) is 11.4. The van der Waals surface area contributed by atoms with Crippen LogP contribution < -0.4 is 5.32 Å². The van der Waals surface area contributed by atoms with Gasteiger partial charge in [-0.2, -0.15) is 0 Å². The van der Waals surface area contributed by atoms with Crippen molar-refractivity contribution in [2.45, 2.75) is 20.4 Å². The van der Waals surface area contributed by atoms with Crippen LogP contribution in [0.2, 0.25) is 0 Å². The van der Waals surface area contributed by atoms with Crippen LogP contribution in [0.1, 0.15) is 19.4 Å². The molecule has 1 aromatic rings. The molecule has 1 aromatic heterocycles. The van der Waals surface area contributed by atoms with E-state index < -0.39 is 17.3 Å². The number of amides is 1. The van der Waals surface area contributed by atoms with Crippen molar-refractivity contribution in [3.63, 3.8) is 0 Å². The van der Waals surface area contributed by atoms with Gasteiger partial charge in [0.1, 0.15) is 5.41 Å². The Morgan fingerprint density at radius 2 is 2.20 bits per heavy atom. The molecule has 0 aliphatic rings. The van der Waals surface area contributed by atoms with Crippen molar-refractivity contribution >= 4 is 11.9 Å². The molecule has 0 fully saturated rings. The SMILES string of the molecule is CC(C)(C(=O)O)C(=O)NCc1cc[nH]c1. The topological polar surface area (TPSA) is 82.2 Å². The molecule has 5 heteroatoms. The number of hydrogen-bond acceptors (Lipinski definition) is 2. The number of aliphatic carboxylic acids is 1. The quantitative estimate of drug-likeness (QED) is 0.641. The summed E-state index contributed by atoms with van der Waals surface area (Å²) in [6, 6.07) is 1.81. The van der Waals surface area contributed by atoms with Crippen molar-refractivity contribution in [3.05, 3.63) is 24.0 Å². The van der Waals surface area contributed by atoms with Gasteiger partial charge in [-0.1, -0.05) is 0 Å². The summed E-state index contributed by atoms with van der Waals surface area (Å²) in [5.74, 6) is -1.62. The van der Waals surface area contributed by atoms with Gasteiger partial charge in [0.2, 0.25) is 5.91 Å². The van der Waals surface area contributed by atoms with Gasteiger partial charge >= 0.3 is 5.97 Å². The van der Waals surface area contributed by atoms with Crippen molar-refractivity contribution in [1.29, 1.82) is 0 Å². The van der Waals surface area contributed by atoms with E-state index in [0.717, 1.165) is 5.56 Å². The number of H-pyrrole nitrogens is 1. The zero-order valence-electron chi connectivity index (χ0n) is 8.70. The number of aromatic nitrogens is 1. The number of carbonyl (C=O) groups is 2. The molecule has 0 aliphatic heterocycles. The number of nitrogens with one attached hydrogen (secondary N) is 2.